The molecule has 21 heavy (non-hydrogen) atoms. The van der Waals surface area contributed by atoms with Crippen LogP contribution in [-0.2, 0) is 19.1 Å². The number of carbonyl (C=O) groups excluding carboxylic acids is 2. The topological polar surface area (TPSA) is 65.1 Å². The number of halogens is 1. The molecule has 1 atom stereocenters. The summed E-state index contributed by atoms with van der Waals surface area (Å²) in [7, 11) is 1.25. The van der Waals surface area contributed by atoms with E-state index in [-0.39, 0.29) is 31.4 Å². The zero-order chi connectivity index (χ0) is 15.2. The van der Waals surface area contributed by atoms with Crippen LogP contribution in [0, 0.1) is 5.82 Å². The first-order valence-electron chi connectivity index (χ1n) is 6.45. The Hall–Kier alpha value is -2.15. The number of morpholine rings is 1. The van der Waals surface area contributed by atoms with Crippen molar-refractivity contribution in [1.82, 2.24) is 4.90 Å². The van der Waals surface area contributed by atoms with Gasteiger partial charge in [-0.05, 0) is 12.1 Å². The molecule has 7 heteroatoms. The molecule has 1 aliphatic heterocycles. The van der Waals surface area contributed by atoms with Gasteiger partial charge < -0.3 is 19.1 Å². The molecule has 0 saturated carbocycles. The first-order valence-corrected chi connectivity index (χ1v) is 6.45. The van der Waals surface area contributed by atoms with Gasteiger partial charge in [-0.25, -0.2) is 9.18 Å². The van der Waals surface area contributed by atoms with Crippen molar-refractivity contribution in [2.24, 2.45) is 0 Å². The van der Waals surface area contributed by atoms with E-state index in [0.29, 0.717) is 6.61 Å². The number of amides is 1. The van der Waals surface area contributed by atoms with Crippen LogP contribution in [-0.4, -0.2) is 56.3 Å². The second-order valence-corrected chi connectivity index (χ2v) is 4.45. The van der Waals surface area contributed by atoms with Crippen molar-refractivity contribution in [2.75, 3.05) is 33.5 Å². The van der Waals surface area contributed by atoms with Crippen molar-refractivity contribution < 1.29 is 28.2 Å². The molecule has 1 amide bonds. The van der Waals surface area contributed by atoms with Gasteiger partial charge in [0.15, 0.2) is 12.6 Å². The minimum atomic E-state index is -0.771. The van der Waals surface area contributed by atoms with E-state index in [1.54, 1.807) is 6.07 Å². The zero-order valence-electron chi connectivity index (χ0n) is 11.6. The van der Waals surface area contributed by atoms with E-state index in [2.05, 4.69) is 4.74 Å². The summed E-state index contributed by atoms with van der Waals surface area (Å²) in [5.41, 5.74) is 0. The third-order valence-corrected chi connectivity index (χ3v) is 3.08. The molecule has 0 radical (unpaired) electrons. The summed E-state index contributed by atoms with van der Waals surface area (Å²) in [6.45, 7) is 0.444. The maximum Gasteiger partial charge on any atom is 0.331 e. The molecule has 1 saturated heterocycles. The molecule has 114 valence electrons. The van der Waals surface area contributed by atoms with Crippen molar-refractivity contribution in [2.45, 2.75) is 6.04 Å². The van der Waals surface area contributed by atoms with Crippen LogP contribution in [0.25, 0.3) is 0 Å². The number of methoxy groups -OCH3 is 1. The van der Waals surface area contributed by atoms with Crippen LogP contribution < -0.4 is 4.74 Å². The highest BCUT2D eigenvalue weighted by Crippen LogP contribution is 2.13. The van der Waals surface area contributed by atoms with E-state index in [0.717, 1.165) is 0 Å². The maximum atomic E-state index is 13.0. The second kappa shape index (κ2) is 7.03. The molecule has 1 fully saturated rings. The Morgan fingerprint density at radius 3 is 3.00 bits per heavy atom. The van der Waals surface area contributed by atoms with Gasteiger partial charge in [0.05, 0.1) is 20.3 Å². The van der Waals surface area contributed by atoms with E-state index >= 15 is 0 Å². The average Bonchev–Trinajstić information content (AvgIpc) is 2.52. The number of ether oxygens (including phenoxy) is 3. The maximum absolute atomic E-state index is 13.0. The highest BCUT2D eigenvalue weighted by molar-refractivity contribution is 5.85. The van der Waals surface area contributed by atoms with Crippen LogP contribution >= 0.6 is 0 Å². The van der Waals surface area contributed by atoms with Crippen molar-refractivity contribution >= 4 is 11.9 Å². The van der Waals surface area contributed by atoms with Crippen LogP contribution in [0.15, 0.2) is 24.3 Å². The Balaban J connectivity index is 1.96. The molecule has 0 aromatic heterocycles. The summed E-state index contributed by atoms with van der Waals surface area (Å²) in [6, 6.07) is 4.73. The minimum absolute atomic E-state index is 0.0956. The van der Waals surface area contributed by atoms with Gasteiger partial charge in [-0.3, -0.25) is 4.79 Å². The van der Waals surface area contributed by atoms with Crippen molar-refractivity contribution in [3.05, 3.63) is 30.1 Å². The average molecular weight is 297 g/mol. The molecule has 0 N–H and O–H groups in total. The summed E-state index contributed by atoms with van der Waals surface area (Å²) in [4.78, 5) is 25.1. The van der Waals surface area contributed by atoms with Crippen molar-refractivity contribution in [1.29, 1.82) is 0 Å². The predicted molar refractivity (Wildman–Crippen MR) is 70.2 cm³/mol. The Labute approximate surface area is 121 Å². The van der Waals surface area contributed by atoms with Gasteiger partial charge in [0.25, 0.3) is 5.91 Å². The van der Waals surface area contributed by atoms with Gasteiger partial charge in [-0.2, -0.15) is 0 Å². The van der Waals surface area contributed by atoms with Gasteiger partial charge in [0, 0.05) is 12.6 Å². The van der Waals surface area contributed by atoms with E-state index in [4.69, 9.17) is 9.47 Å². The fourth-order valence-corrected chi connectivity index (χ4v) is 2.02. The highest BCUT2D eigenvalue weighted by Gasteiger charge is 2.33. The monoisotopic (exact) mass is 297 g/mol. The summed E-state index contributed by atoms with van der Waals surface area (Å²) in [5, 5.41) is 0. The Morgan fingerprint density at radius 2 is 2.29 bits per heavy atom. The zero-order valence-corrected chi connectivity index (χ0v) is 11.6. The van der Waals surface area contributed by atoms with Gasteiger partial charge in [-0.1, -0.05) is 6.07 Å². The van der Waals surface area contributed by atoms with Gasteiger partial charge >= 0.3 is 5.97 Å². The predicted octanol–water partition coefficient (Wildman–Crippen LogP) is 0.605. The molecule has 0 aliphatic carbocycles. The summed E-state index contributed by atoms with van der Waals surface area (Å²) in [5.74, 6) is -1.10. The first-order chi connectivity index (χ1) is 10.1. The van der Waals surface area contributed by atoms with Gasteiger partial charge in [0.1, 0.15) is 11.6 Å². The smallest absolute Gasteiger partial charge is 0.331 e. The molecule has 1 aliphatic rings. The van der Waals surface area contributed by atoms with Crippen molar-refractivity contribution in [3.8, 4) is 5.75 Å². The quantitative estimate of drug-likeness (QED) is 0.762. The number of benzene rings is 1. The highest BCUT2D eigenvalue weighted by atomic mass is 19.1. The van der Waals surface area contributed by atoms with Crippen LogP contribution in [0.5, 0.6) is 5.75 Å². The lowest BCUT2D eigenvalue weighted by atomic mass is 10.2. The summed E-state index contributed by atoms with van der Waals surface area (Å²) < 4.78 is 28.1. The molecule has 0 spiro atoms. The third kappa shape index (κ3) is 3.91. The number of hydrogen-bond acceptors (Lipinski definition) is 5. The van der Waals surface area contributed by atoms with E-state index in [9.17, 15) is 14.0 Å². The summed E-state index contributed by atoms with van der Waals surface area (Å²) >= 11 is 0. The molecule has 2 rings (SSSR count). The number of rotatable bonds is 4. The molecule has 1 heterocycles. The fraction of sp³-hybridized carbons (Fsp3) is 0.429. The number of nitrogens with zero attached hydrogens (tertiary/aromatic N) is 1. The Bertz CT molecular complexity index is 522. The Kier molecular flexibility index (Phi) is 5.10. The molecule has 1 aromatic carbocycles. The molecule has 1 aromatic rings. The molecule has 6 nitrogen and oxygen atoms in total. The van der Waals surface area contributed by atoms with E-state index < -0.39 is 17.8 Å². The van der Waals surface area contributed by atoms with E-state index in [1.807, 2.05) is 0 Å². The SMILES string of the molecule is COC(=O)C1COCCN1C(=O)COc1cccc(F)c1. The van der Waals surface area contributed by atoms with Gasteiger partial charge in [-0.15, -0.1) is 0 Å². The first kappa shape index (κ1) is 15.2. The second-order valence-electron chi connectivity index (χ2n) is 4.45. The van der Waals surface area contributed by atoms with Crippen LogP contribution in [0.2, 0.25) is 0 Å². The standard InChI is InChI=1S/C14H16FNO5/c1-19-14(18)12-8-20-6-5-16(12)13(17)9-21-11-4-2-3-10(15)7-11/h2-4,7,12H,5-6,8-9H2,1H3. The normalized spacial score (nSPS) is 18.2. The molecule has 0 bridgehead atoms. The lowest BCUT2D eigenvalue weighted by molar-refractivity contribution is -0.161. The molecular weight excluding hydrogens is 281 g/mol. The Morgan fingerprint density at radius 1 is 1.48 bits per heavy atom. The number of carbonyl (C=O) groups is 2. The van der Waals surface area contributed by atoms with E-state index in [1.165, 1.54) is 30.2 Å². The lowest BCUT2D eigenvalue weighted by Gasteiger charge is -2.33. The van der Waals surface area contributed by atoms with Crippen LogP contribution in [0.3, 0.4) is 0 Å². The van der Waals surface area contributed by atoms with Crippen molar-refractivity contribution in [3.63, 3.8) is 0 Å². The molecular formula is C14H16FNO5. The largest absolute Gasteiger partial charge is 0.484 e. The fourth-order valence-electron chi connectivity index (χ4n) is 2.02. The van der Waals surface area contributed by atoms with Gasteiger partial charge in [0.2, 0.25) is 0 Å². The number of hydrogen-bond donors (Lipinski definition) is 0. The van der Waals surface area contributed by atoms with Crippen LogP contribution in [0.4, 0.5) is 4.39 Å². The lowest BCUT2D eigenvalue weighted by Crippen LogP contribution is -2.54. The van der Waals surface area contributed by atoms with Crippen LogP contribution in [0.1, 0.15) is 0 Å². The minimum Gasteiger partial charge on any atom is -0.484 e. The third-order valence-electron chi connectivity index (χ3n) is 3.08. The summed E-state index contributed by atoms with van der Waals surface area (Å²) in [6.07, 6.45) is 0. The molecule has 1 unspecified atom stereocenters. The number of esters is 1.